The van der Waals surface area contributed by atoms with Crippen molar-refractivity contribution in [3.63, 3.8) is 0 Å². The summed E-state index contributed by atoms with van der Waals surface area (Å²) >= 11 is 0. The summed E-state index contributed by atoms with van der Waals surface area (Å²) in [6, 6.07) is -0.469. The van der Waals surface area contributed by atoms with E-state index in [1.807, 2.05) is 0 Å². The van der Waals surface area contributed by atoms with Crippen molar-refractivity contribution in [2.45, 2.75) is 65.5 Å². The number of hydrogen-bond donors (Lipinski definition) is 2. The van der Waals surface area contributed by atoms with Crippen LogP contribution in [0, 0.1) is 10.8 Å². The van der Waals surface area contributed by atoms with E-state index in [1.54, 1.807) is 19.9 Å². The lowest BCUT2D eigenvalue weighted by Crippen LogP contribution is -2.57. The van der Waals surface area contributed by atoms with Crippen LogP contribution in [0.1, 0.15) is 53.9 Å². The molecule has 0 heterocycles. The lowest BCUT2D eigenvalue weighted by atomic mass is 9.62. The molecule has 2 unspecified atom stereocenters. The number of carbonyl (C=O) groups is 2. The molecule has 1 aliphatic rings. The van der Waals surface area contributed by atoms with Crippen LogP contribution in [0.25, 0.3) is 0 Å². The largest absolute Gasteiger partial charge is 0.467 e. The van der Waals surface area contributed by atoms with Crippen molar-refractivity contribution in [1.82, 2.24) is 10.6 Å². The van der Waals surface area contributed by atoms with Crippen LogP contribution in [-0.4, -0.2) is 43.3 Å². The molecule has 1 rings (SSSR count). The Bertz CT molecular complexity index is 538. The van der Waals surface area contributed by atoms with Crippen LogP contribution in [0.3, 0.4) is 0 Å². The van der Waals surface area contributed by atoms with Crippen LogP contribution >= 0.6 is 0 Å². The Labute approximate surface area is 143 Å². The molecule has 2 N–H and O–H groups in total. The Hall–Kier alpha value is -1.88. The molecule has 0 aromatic heterocycles. The first kappa shape index (κ1) is 20.2. The highest BCUT2D eigenvalue weighted by molar-refractivity contribution is 5.86. The van der Waals surface area contributed by atoms with Gasteiger partial charge in [-0.05, 0) is 43.9 Å². The smallest absolute Gasteiger partial charge is 0.331 e. The Balaban J connectivity index is 2.77. The quantitative estimate of drug-likeness (QED) is 0.456. The van der Waals surface area contributed by atoms with Crippen molar-refractivity contribution in [2.24, 2.45) is 15.8 Å². The molecule has 2 amide bonds. The van der Waals surface area contributed by atoms with E-state index in [2.05, 4.69) is 41.1 Å². The van der Waals surface area contributed by atoms with Gasteiger partial charge in [0.25, 0.3) is 0 Å². The summed E-state index contributed by atoms with van der Waals surface area (Å²) in [4.78, 5) is 38.1. The normalized spacial score (nSPS) is 26.0. The van der Waals surface area contributed by atoms with Gasteiger partial charge in [0.2, 0.25) is 6.08 Å². The third-order valence-electron chi connectivity index (χ3n) is 4.43. The fraction of sp³-hybridized carbons (Fsp3) is 0.824. The molecule has 1 aliphatic carbocycles. The van der Waals surface area contributed by atoms with Gasteiger partial charge in [0.15, 0.2) is 0 Å². The first-order valence-corrected chi connectivity index (χ1v) is 8.14. The number of nitrogens with zero attached hydrogens (tertiary/aromatic N) is 1. The molecule has 2 atom stereocenters. The summed E-state index contributed by atoms with van der Waals surface area (Å²) < 4.78 is 4.69. The van der Waals surface area contributed by atoms with Gasteiger partial charge < -0.3 is 15.4 Å². The molecule has 0 saturated heterocycles. The van der Waals surface area contributed by atoms with Gasteiger partial charge >= 0.3 is 12.0 Å². The predicted molar refractivity (Wildman–Crippen MR) is 90.3 cm³/mol. The van der Waals surface area contributed by atoms with Crippen LogP contribution in [0.5, 0.6) is 0 Å². The van der Waals surface area contributed by atoms with Gasteiger partial charge in [0.1, 0.15) is 5.54 Å². The van der Waals surface area contributed by atoms with Crippen molar-refractivity contribution >= 4 is 18.1 Å². The zero-order valence-electron chi connectivity index (χ0n) is 15.5. The highest BCUT2D eigenvalue weighted by atomic mass is 16.5. The third-order valence-corrected chi connectivity index (χ3v) is 4.43. The minimum atomic E-state index is -1.10. The number of hydrogen-bond acceptors (Lipinski definition) is 5. The molecular formula is C17H29N3O4. The molecule has 7 heteroatoms. The number of rotatable bonds is 5. The van der Waals surface area contributed by atoms with E-state index in [0.717, 1.165) is 12.8 Å². The van der Waals surface area contributed by atoms with E-state index in [9.17, 15) is 14.4 Å². The molecule has 0 aromatic carbocycles. The van der Waals surface area contributed by atoms with Crippen molar-refractivity contribution in [2.75, 3.05) is 13.7 Å². The summed E-state index contributed by atoms with van der Waals surface area (Å²) in [5, 5.41) is 5.58. The van der Waals surface area contributed by atoms with Gasteiger partial charge in [0.05, 0.1) is 13.7 Å². The van der Waals surface area contributed by atoms with E-state index < -0.39 is 17.5 Å². The van der Waals surface area contributed by atoms with Gasteiger partial charge in [-0.15, -0.1) is 0 Å². The van der Waals surface area contributed by atoms with E-state index in [4.69, 9.17) is 0 Å². The van der Waals surface area contributed by atoms with Crippen molar-refractivity contribution in [3.8, 4) is 0 Å². The number of carbonyl (C=O) groups excluding carboxylic acids is 3. The van der Waals surface area contributed by atoms with Crippen LogP contribution in [0.2, 0.25) is 0 Å². The van der Waals surface area contributed by atoms with E-state index in [0.29, 0.717) is 13.0 Å². The highest BCUT2D eigenvalue weighted by Gasteiger charge is 2.42. The Morgan fingerprint density at radius 2 is 1.92 bits per heavy atom. The molecule has 0 aliphatic heterocycles. The maximum Gasteiger partial charge on any atom is 0.331 e. The fourth-order valence-electron chi connectivity index (χ4n) is 3.89. The monoisotopic (exact) mass is 339 g/mol. The molecule has 0 radical (unpaired) electrons. The molecule has 1 fully saturated rings. The zero-order valence-corrected chi connectivity index (χ0v) is 15.5. The van der Waals surface area contributed by atoms with Crippen LogP contribution in [-0.2, 0) is 14.3 Å². The van der Waals surface area contributed by atoms with Gasteiger partial charge in [-0.25, -0.2) is 19.4 Å². The Morgan fingerprint density at radius 3 is 2.46 bits per heavy atom. The second kappa shape index (κ2) is 7.34. The lowest BCUT2D eigenvalue weighted by Gasteiger charge is -2.46. The van der Waals surface area contributed by atoms with Crippen LogP contribution < -0.4 is 10.6 Å². The second-order valence-electron chi connectivity index (χ2n) is 8.38. The topological polar surface area (TPSA) is 96.9 Å². The number of ether oxygens (including phenoxy) is 1. The summed E-state index contributed by atoms with van der Waals surface area (Å²) in [7, 11) is 1.28. The molecule has 0 aromatic rings. The maximum atomic E-state index is 12.3. The molecule has 7 nitrogen and oxygen atoms in total. The van der Waals surface area contributed by atoms with Crippen molar-refractivity contribution in [3.05, 3.63) is 0 Å². The number of nitrogens with one attached hydrogen (secondary N) is 2. The number of methoxy groups -OCH3 is 1. The first-order chi connectivity index (χ1) is 10.9. The van der Waals surface area contributed by atoms with Crippen molar-refractivity contribution in [1.29, 1.82) is 0 Å². The number of urea groups is 1. The maximum absolute atomic E-state index is 12.3. The number of esters is 1. The van der Waals surface area contributed by atoms with Crippen molar-refractivity contribution < 1.29 is 19.1 Å². The average molecular weight is 339 g/mol. The number of aliphatic imine (C=N–C) groups is 1. The molecule has 136 valence electrons. The van der Waals surface area contributed by atoms with E-state index >= 15 is 0 Å². The zero-order chi connectivity index (χ0) is 18.6. The number of amides is 2. The summed E-state index contributed by atoms with van der Waals surface area (Å²) in [5.41, 5.74) is -1.26. The fourth-order valence-corrected chi connectivity index (χ4v) is 3.89. The third kappa shape index (κ3) is 5.64. The summed E-state index contributed by atoms with van der Waals surface area (Å²) in [6.45, 7) is 9.92. The predicted octanol–water partition coefficient (Wildman–Crippen LogP) is 2.16. The molecule has 24 heavy (non-hydrogen) atoms. The van der Waals surface area contributed by atoms with Gasteiger partial charge in [-0.1, -0.05) is 20.8 Å². The standard InChI is InChI=1S/C17H29N3O4/c1-15(2)7-12(8-17(5,9-15)10-18-11-21)19-14(23)20-16(3,4)13(22)24-6/h12H,7-10H2,1-6H3,(H2,19,20,23). The summed E-state index contributed by atoms with van der Waals surface area (Å²) in [6.07, 6.45) is 4.05. The minimum absolute atomic E-state index is 0.0151. The van der Waals surface area contributed by atoms with Crippen LogP contribution in [0.4, 0.5) is 4.79 Å². The second-order valence-corrected chi connectivity index (χ2v) is 8.38. The Morgan fingerprint density at radius 1 is 1.29 bits per heavy atom. The molecule has 0 bridgehead atoms. The van der Waals surface area contributed by atoms with Gasteiger partial charge in [-0.2, -0.15) is 0 Å². The van der Waals surface area contributed by atoms with Gasteiger partial charge in [0, 0.05) is 6.04 Å². The molecule has 0 spiro atoms. The SMILES string of the molecule is COC(=O)C(C)(C)NC(=O)NC1CC(C)(C)CC(C)(CN=C=O)C1. The van der Waals surface area contributed by atoms with E-state index in [-0.39, 0.29) is 16.9 Å². The van der Waals surface area contributed by atoms with Gasteiger partial charge in [-0.3, -0.25) is 0 Å². The van der Waals surface area contributed by atoms with E-state index in [1.165, 1.54) is 7.11 Å². The number of isocyanates is 1. The first-order valence-electron chi connectivity index (χ1n) is 8.14. The average Bonchev–Trinajstić information content (AvgIpc) is 2.41. The molecular weight excluding hydrogens is 310 g/mol. The highest BCUT2D eigenvalue weighted by Crippen LogP contribution is 2.46. The lowest BCUT2D eigenvalue weighted by molar-refractivity contribution is -0.146. The minimum Gasteiger partial charge on any atom is -0.467 e. The Kier molecular flexibility index (Phi) is 6.17. The summed E-state index contributed by atoms with van der Waals surface area (Å²) in [5.74, 6) is -0.508. The molecule has 1 saturated carbocycles. The van der Waals surface area contributed by atoms with Crippen LogP contribution in [0.15, 0.2) is 4.99 Å².